The highest BCUT2D eigenvalue weighted by molar-refractivity contribution is 5.47. The molecular formula is C29H28O4. The molecular weight excluding hydrogens is 412 g/mol. The number of ether oxygens (including phenoxy) is 4. The Hall–Kier alpha value is -2.94. The minimum atomic E-state index is -0.828. The Morgan fingerprint density at radius 3 is 1.70 bits per heavy atom. The number of rotatable bonds is 6. The van der Waals surface area contributed by atoms with Gasteiger partial charge in [0.2, 0.25) is 0 Å². The Balaban J connectivity index is 1.56. The highest BCUT2D eigenvalue weighted by Crippen LogP contribution is 2.43. The summed E-state index contributed by atoms with van der Waals surface area (Å²) >= 11 is 0. The number of fused-ring (bicyclic) bond motifs is 1. The summed E-state index contributed by atoms with van der Waals surface area (Å²) in [5.41, 5.74) is 2.28. The quantitative estimate of drug-likeness (QED) is 0.403. The molecule has 168 valence electrons. The van der Waals surface area contributed by atoms with Crippen LogP contribution in [-0.4, -0.2) is 36.8 Å². The fourth-order valence-electron chi connectivity index (χ4n) is 4.93. The normalized spacial score (nSPS) is 26.0. The minimum absolute atomic E-state index is 0.289. The SMILES string of the molecule is C#C[C@H]1O[C@H](COC(c2ccccc2)(c2ccccc2)c2ccccc2)[C@@H]2OC(C)(C)O[C@@H]21. The second kappa shape index (κ2) is 8.78. The first-order chi connectivity index (χ1) is 16.0. The van der Waals surface area contributed by atoms with Crippen LogP contribution >= 0.6 is 0 Å². The largest absolute Gasteiger partial charge is 0.358 e. The Kier molecular flexibility index (Phi) is 5.82. The van der Waals surface area contributed by atoms with Gasteiger partial charge in [0.05, 0.1) is 6.61 Å². The van der Waals surface area contributed by atoms with Gasteiger partial charge in [0.25, 0.3) is 0 Å². The number of benzene rings is 3. The average molecular weight is 441 g/mol. The zero-order valence-electron chi connectivity index (χ0n) is 18.9. The van der Waals surface area contributed by atoms with Gasteiger partial charge in [0.15, 0.2) is 5.79 Å². The van der Waals surface area contributed by atoms with Crippen molar-refractivity contribution < 1.29 is 18.9 Å². The van der Waals surface area contributed by atoms with Gasteiger partial charge in [0.1, 0.15) is 30.0 Å². The molecule has 4 atom stereocenters. The van der Waals surface area contributed by atoms with Crippen LogP contribution in [0.4, 0.5) is 0 Å². The Labute approximate surface area is 195 Å². The number of hydrogen-bond acceptors (Lipinski definition) is 4. The van der Waals surface area contributed by atoms with Gasteiger partial charge < -0.3 is 18.9 Å². The molecule has 0 aliphatic carbocycles. The summed E-state index contributed by atoms with van der Waals surface area (Å²) in [5.74, 6) is 2.01. The van der Waals surface area contributed by atoms with Crippen molar-refractivity contribution in [1.29, 1.82) is 0 Å². The predicted octanol–water partition coefficient (Wildman–Crippen LogP) is 4.92. The molecule has 2 saturated heterocycles. The van der Waals surface area contributed by atoms with E-state index in [1.54, 1.807) is 0 Å². The lowest BCUT2D eigenvalue weighted by atomic mass is 9.80. The first kappa shape index (κ1) is 21.9. The zero-order valence-corrected chi connectivity index (χ0v) is 18.9. The van der Waals surface area contributed by atoms with Crippen LogP contribution in [0.1, 0.15) is 30.5 Å². The first-order valence-electron chi connectivity index (χ1n) is 11.3. The first-order valence-corrected chi connectivity index (χ1v) is 11.3. The predicted molar refractivity (Wildman–Crippen MR) is 126 cm³/mol. The molecule has 0 bridgehead atoms. The number of hydrogen-bond donors (Lipinski definition) is 0. The van der Waals surface area contributed by atoms with E-state index in [1.165, 1.54) is 0 Å². The van der Waals surface area contributed by atoms with Crippen LogP contribution in [0.15, 0.2) is 91.0 Å². The van der Waals surface area contributed by atoms with Gasteiger partial charge in [-0.15, -0.1) is 6.42 Å². The van der Waals surface area contributed by atoms with E-state index in [2.05, 4.69) is 42.3 Å². The molecule has 5 rings (SSSR count). The summed E-state index contributed by atoms with van der Waals surface area (Å²) < 4.78 is 25.3. The summed E-state index contributed by atoms with van der Waals surface area (Å²) in [5, 5.41) is 0. The third-order valence-corrected chi connectivity index (χ3v) is 6.32. The summed E-state index contributed by atoms with van der Waals surface area (Å²) in [6.45, 7) is 4.09. The van der Waals surface area contributed by atoms with Gasteiger partial charge in [-0.05, 0) is 30.5 Å². The maximum Gasteiger partial charge on any atom is 0.164 e. The van der Waals surface area contributed by atoms with Gasteiger partial charge >= 0.3 is 0 Å². The van der Waals surface area contributed by atoms with Crippen molar-refractivity contribution in [2.45, 2.75) is 49.7 Å². The molecule has 2 aliphatic heterocycles. The zero-order chi connectivity index (χ0) is 22.9. The minimum Gasteiger partial charge on any atom is -0.358 e. The molecule has 2 aliphatic rings. The lowest BCUT2D eigenvalue weighted by Crippen LogP contribution is -2.39. The van der Waals surface area contributed by atoms with E-state index in [0.717, 1.165) is 16.7 Å². The van der Waals surface area contributed by atoms with Crippen LogP contribution < -0.4 is 0 Å². The van der Waals surface area contributed by atoms with Crippen molar-refractivity contribution in [2.24, 2.45) is 0 Å². The summed E-state index contributed by atoms with van der Waals surface area (Å²) in [6, 6.07) is 30.8. The molecule has 0 N–H and O–H groups in total. The molecule has 0 unspecified atom stereocenters. The van der Waals surface area contributed by atoms with Crippen molar-refractivity contribution >= 4 is 0 Å². The molecule has 2 fully saturated rings. The van der Waals surface area contributed by atoms with Gasteiger partial charge in [-0.25, -0.2) is 0 Å². The fourth-order valence-corrected chi connectivity index (χ4v) is 4.93. The van der Waals surface area contributed by atoms with E-state index in [4.69, 9.17) is 25.4 Å². The van der Waals surface area contributed by atoms with Crippen molar-refractivity contribution in [3.63, 3.8) is 0 Å². The lowest BCUT2D eigenvalue weighted by molar-refractivity contribution is -0.189. The van der Waals surface area contributed by atoms with Crippen molar-refractivity contribution in [2.75, 3.05) is 6.61 Å². The van der Waals surface area contributed by atoms with Crippen LogP contribution in [0.5, 0.6) is 0 Å². The third kappa shape index (κ3) is 3.99. The van der Waals surface area contributed by atoms with Gasteiger partial charge in [-0.2, -0.15) is 0 Å². The molecule has 2 heterocycles. The summed E-state index contributed by atoms with van der Waals surface area (Å²) in [6.07, 6.45) is 4.33. The smallest absolute Gasteiger partial charge is 0.164 e. The van der Waals surface area contributed by atoms with Gasteiger partial charge in [-0.3, -0.25) is 0 Å². The van der Waals surface area contributed by atoms with E-state index in [1.807, 2.05) is 68.4 Å². The lowest BCUT2D eigenvalue weighted by Gasteiger charge is -2.37. The van der Waals surface area contributed by atoms with Gasteiger partial charge in [-0.1, -0.05) is 96.9 Å². The van der Waals surface area contributed by atoms with E-state index >= 15 is 0 Å². The number of terminal acetylenes is 1. The average Bonchev–Trinajstić information content (AvgIpc) is 3.34. The molecule has 0 radical (unpaired) electrons. The summed E-state index contributed by atoms with van der Waals surface area (Å²) in [7, 11) is 0. The van der Waals surface area contributed by atoms with Crippen LogP contribution in [0.3, 0.4) is 0 Å². The topological polar surface area (TPSA) is 36.9 Å². The Bertz CT molecular complexity index is 1010. The standard InChI is InChI=1S/C29H28O4/c1-4-24-26-27(33-28(2,3)32-26)25(31-24)20-30-29(21-14-8-5-9-15-21,22-16-10-6-11-17-22)23-18-12-7-13-19-23/h1,5-19,24-27H,20H2,2-3H3/t24-,25-,26-,27+/m1/s1. The van der Waals surface area contributed by atoms with Crippen LogP contribution in [0.25, 0.3) is 0 Å². The second-order valence-corrected chi connectivity index (χ2v) is 8.92. The maximum absolute atomic E-state index is 6.91. The van der Waals surface area contributed by atoms with Crippen molar-refractivity contribution in [1.82, 2.24) is 0 Å². The second-order valence-electron chi connectivity index (χ2n) is 8.92. The van der Waals surface area contributed by atoms with E-state index in [-0.39, 0.29) is 24.9 Å². The molecule has 0 aromatic heterocycles. The Morgan fingerprint density at radius 2 is 1.24 bits per heavy atom. The highest BCUT2D eigenvalue weighted by Gasteiger charge is 2.55. The monoisotopic (exact) mass is 440 g/mol. The third-order valence-electron chi connectivity index (χ3n) is 6.32. The van der Waals surface area contributed by atoms with Gasteiger partial charge in [0, 0.05) is 0 Å². The molecule has 0 amide bonds. The van der Waals surface area contributed by atoms with E-state index < -0.39 is 17.5 Å². The molecule has 3 aromatic carbocycles. The van der Waals surface area contributed by atoms with Crippen LogP contribution in [-0.2, 0) is 24.5 Å². The maximum atomic E-state index is 6.91. The van der Waals surface area contributed by atoms with E-state index in [9.17, 15) is 0 Å². The molecule has 4 heteroatoms. The molecule has 4 nitrogen and oxygen atoms in total. The van der Waals surface area contributed by atoms with Crippen LogP contribution in [0, 0.1) is 12.3 Å². The Morgan fingerprint density at radius 1 is 0.788 bits per heavy atom. The molecule has 0 saturated carbocycles. The molecule has 3 aromatic rings. The van der Waals surface area contributed by atoms with Crippen molar-refractivity contribution in [3.8, 4) is 12.3 Å². The highest BCUT2D eigenvalue weighted by atomic mass is 16.8. The summed E-state index contributed by atoms with van der Waals surface area (Å²) in [4.78, 5) is 0. The fraction of sp³-hybridized carbons (Fsp3) is 0.310. The molecule has 0 spiro atoms. The molecule has 33 heavy (non-hydrogen) atoms. The van der Waals surface area contributed by atoms with Crippen molar-refractivity contribution in [3.05, 3.63) is 108 Å². The van der Waals surface area contributed by atoms with E-state index in [0.29, 0.717) is 0 Å². The van der Waals surface area contributed by atoms with Crippen LogP contribution in [0.2, 0.25) is 0 Å².